The van der Waals surface area contributed by atoms with Crippen LogP contribution in [-0.2, 0) is 6.42 Å². The molecule has 110 valence electrons. The molecule has 0 fully saturated rings. The molecule has 4 heteroatoms. The monoisotopic (exact) mass is 302 g/mol. The Morgan fingerprint density at radius 1 is 1.33 bits per heavy atom. The zero-order chi connectivity index (χ0) is 14.7. The van der Waals surface area contributed by atoms with Gasteiger partial charge < -0.3 is 10.1 Å². The van der Waals surface area contributed by atoms with Gasteiger partial charge >= 0.3 is 0 Å². The van der Waals surface area contributed by atoms with E-state index in [4.69, 9.17) is 16.3 Å². The maximum atomic E-state index is 5.95. The van der Waals surface area contributed by atoms with Crippen molar-refractivity contribution in [2.75, 3.05) is 13.2 Å². The number of aromatic nitrogens is 1. The summed E-state index contributed by atoms with van der Waals surface area (Å²) in [6, 6.07) is 10.2. The first kappa shape index (κ1) is 14.4. The van der Waals surface area contributed by atoms with Crippen LogP contribution in [0.25, 0.3) is 0 Å². The van der Waals surface area contributed by atoms with Crippen LogP contribution >= 0.6 is 11.6 Å². The largest absolute Gasteiger partial charge is 0.493 e. The number of fused-ring (bicyclic) bond motifs is 1. The molecule has 0 saturated heterocycles. The van der Waals surface area contributed by atoms with Crippen LogP contribution in [0.15, 0.2) is 36.5 Å². The number of pyridine rings is 1. The van der Waals surface area contributed by atoms with Gasteiger partial charge in [0.05, 0.1) is 23.4 Å². The van der Waals surface area contributed by atoms with E-state index in [0.717, 1.165) is 43.0 Å². The van der Waals surface area contributed by atoms with E-state index in [1.54, 1.807) is 6.20 Å². The standard InChI is InChI=1S/C17H19ClN2O/c1-2-19-16(15-9-8-13(18)11-20-15)14-7-3-5-12-6-4-10-21-17(12)14/h3,5,7-9,11,16,19H,2,4,6,10H2,1H3. The van der Waals surface area contributed by atoms with E-state index >= 15 is 0 Å². The number of hydrogen-bond acceptors (Lipinski definition) is 3. The average Bonchev–Trinajstić information content (AvgIpc) is 2.53. The molecule has 2 heterocycles. The van der Waals surface area contributed by atoms with Gasteiger partial charge in [-0.15, -0.1) is 0 Å². The summed E-state index contributed by atoms with van der Waals surface area (Å²) in [5.74, 6) is 1.02. The molecule has 2 aromatic rings. The predicted molar refractivity (Wildman–Crippen MR) is 85.0 cm³/mol. The third-order valence-electron chi connectivity index (χ3n) is 3.73. The Morgan fingerprint density at radius 3 is 3.00 bits per heavy atom. The first-order valence-electron chi connectivity index (χ1n) is 7.39. The highest BCUT2D eigenvalue weighted by Gasteiger charge is 2.22. The number of nitrogens with zero attached hydrogens (tertiary/aromatic N) is 1. The fourth-order valence-electron chi connectivity index (χ4n) is 2.78. The maximum Gasteiger partial charge on any atom is 0.127 e. The van der Waals surface area contributed by atoms with E-state index in [0.29, 0.717) is 5.02 Å². The lowest BCUT2D eigenvalue weighted by atomic mass is 9.96. The lowest BCUT2D eigenvalue weighted by Gasteiger charge is -2.25. The Balaban J connectivity index is 2.03. The zero-order valence-corrected chi connectivity index (χ0v) is 12.9. The molecule has 1 aliphatic heterocycles. The SMILES string of the molecule is CCNC(c1ccc(Cl)cn1)c1cccc2c1OCCC2. The fraction of sp³-hybridized carbons (Fsp3) is 0.353. The van der Waals surface area contributed by atoms with Crippen molar-refractivity contribution >= 4 is 11.6 Å². The number of benzene rings is 1. The molecule has 1 aliphatic rings. The minimum Gasteiger partial charge on any atom is -0.493 e. The molecule has 0 aliphatic carbocycles. The molecule has 0 bridgehead atoms. The van der Waals surface area contributed by atoms with Gasteiger partial charge in [0.2, 0.25) is 0 Å². The van der Waals surface area contributed by atoms with Crippen molar-refractivity contribution in [3.8, 4) is 5.75 Å². The third kappa shape index (κ3) is 3.04. The Hall–Kier alpha value is -1.58. The van der Waals surface area contributed by atoms with Gasteiger partial charge in [-0.25, -0.2) is 0 Å². The van der Waals surface area contributed by atoms with Gasteiger partial charge in [0.1, 0.15) is 5.75 Å². The van der Waals surface area contributed by atoms with Crippen LogP contribution in [-0.4, -0.2) is 18.1 Å². The van der Waals surface area contributed by atoms with Gasteiger partial charge in [0, 0.05) is 11.8 Å². The quantitative estimate of drug-likeness (QED) is 0.934. The predicted octanol–water partition coefficient (Wildman–Crippen LogP) is 3.76. The topological polar surface area (TPSA) is 34.2 Å². The van der Waals surface area contributed by atoms with Crippen LogP contribution in [0.4, 0.5) is 0 Å². The molecule has 1 unspecified atom stereocenters. The molecule has 1 aromatic heterocycles. The summed E-state index contributed by atoms with van der Waals surface area (Å²) in [7, 11) is 0. The van der Waals surface area contributed by atoms with E-state index in [-0.39, 0.29) is 6.04 Å². The van der Waals surface area contributed by atoms with Crippen LogP contribution < -0.4 is 10.1 Å². The van der Waals surface area contributed by atoms with Gasteiger partial charge in [-0.1, -0.05) is 36.7 Å². The number of aryl methyl sites for hydroxylation is 1. The molecule has 1 N–H and O–H groups in total. The fourth-order valence-corrected chi connectivity index (χ4v) is 2.89. The highest BCUT2D eigenvalue weighted by molar-refractivity contribution is 6.30. The van der Waals surface area contributed by atoms with Crippen molar-refractivity contribution in [1.29, 1.82) is 0 Å². The Morgan fingerprint density at radius 2 is 2.24 bits per heavy atom. The number of rotatable bonds is 4. The second kappa shape index (κ2) is 6.46. The summed E-state index contributed by atoms with van der Waals surface area (Å²) < 4.78 is 5.93. The van der Waals surface area contributed by atoms with Gasteiger partial charge in [-0.2, -0.15) is 0 Å². The van der Waals surface area contributed by atoms with Crippen molar-refractivity contribution < 1.29 is 4.74 Å². The van der Waals surface area contributed by atoms with E-state index in [2.05, 4.69) is 35.4 Å². The molecule has 1 aromatic carbocycles. The molecule has 21 heavy (non-hydrogen) atoms. The number of halogens is 1. The van der Waals surface area contributed by atoms with Crippen LogP contribution in [0.3, 0.4) is 0 Å². The minimum atomic E-state index is 0.0281. The molecule has 1 atom stereocenters. The van der Waals surface area contributed by atoms with Crippen LogP contribution in [0.1, 0.15) is 36.2 Å². The molecule has 0 spiro atoms. The highest BCUT2D eigenvalue weighted by Crippen LogP contribution is 2.35. The van der Waals surface area contributed by atoms with Crippen molar-refractivity contribution in [2.24, 2.45) is 0 Å². The minimum absolute atomic E-state index is 0.0281. The van der Waals surface area contributed by atoms with Gasteiger partial charge in [-0.05, 0) is 37.1 Å². The van der Waals surface area contributed by atoms with Gasteiger partial charge in [0.25, 0.3) is 0 Å². The third-order valence-corrected chi connectivity index (χ3v) is 3.95. The maximum absolute atomic E-state index is 5.95. The Labute approximate surface area is 130 Å². The summed E-state index contributed by atoms with van der Waals surface area (Å²) in [5.41, 5.74) is 3.41. The number of hydrogen-bond donors (Lipinski definition) is 1. The molecule has 3 nitrogen and oxygen atoms in total. The Kier molecular flexibility index (Phi) is 4.42. The van der Waals surface area contributed by atoms with E-state index < -0.39 is 0 Å². The summed E-state index contributed by atoms with van der Waals surface area (Å²) in [6.07, 6.45) is 3.86. The van der Waals surface area contributed by atoms with Crippen molar-refractivity contribution in [3.63, 3.8) is 0 Å². The van der Waals surface area contributed by atoms with Crippen LogP contribution in [0.5, 0.6) is 5.75 Å². The summed E-state index contributed by atoms with van der Waals surface area (Å²) >= 11 is 5.95. The molecular weight excluding hydrogens is 284 g/mol. The second-order valence-corrected chi connectivity index (χ2v) is 5.62. The van der Waals surface area contributed by atoms with Gasteiger partial charge in [0.15, 0.2) is 0 Å². The highest BCUT2D eigenvalue weighted by atomic mass is 35.5. The van der Waals surface area contributed by atoms with Crippen molar-refractivity contribution in [1.82, 2.24) is 10.3 Å². The number of ether oxygens (including phenoxy) is 1. The van der Waals surface area contributed by atoms with E-state index in [1.807, 2.05) is 12.1 Å². The first-order valence-corrected chi connectivity index (χ1v) is 7.77. The summed E-state index contributed by atoms with van der Waals surface area (Å²) in [5, 5.41) is 4.15. The molecule has 3 rings (SSSR count). The Bertz CT molecular complexity index is 613. The number of nitrogens with one attached hydrogen (secondary N) is 1. The first-order chi connectivity index (χ1) is 10.3. The van der Waals surface area contributed by atoms with Crippen LogP contribution in [0, 0.1) is 0 Å². The second-order valence-electron chi connectivity index (χ2n) is 5.18. The van der Waals surface area contributed by atoms with E-state index in [1.165, 1.54) is 5.56 Å². The number of para-hydroxylation sites is 1. The average molecular weight is 303 g/mol. The lowest BCUT2D eigenvalue weighted by Crippen LogP contribution is -2.24. The van der Waals surface area contributed by atoms with Crippen molar-refractivity contribution in [2.45, 2.75) is 25.8 Å². The van der Waals surface area contributed by atoms with Crippen LogP contribution in [0.2, 0.25) is 5.02 Å². The zero-order valence-electron chi connectivity index (χ0n) is 12.1. The molecule has 0 radical (unpaired) electrons. The molecular formula is C17H19ClN2O. The van der Waals surface area contributed by atoms with Crippen molar-refractivity contribution in [3.05, 3.63) is 58.4 Å². The lowest BCUT2D eigenvalue weighted by molar-refractivity contribution is 0.283. The smallest absolute Gasteiger partial charge is 0.127 e. The molecule has 0 amide bonds. The molecule has 0 saturated carbocycles. The normalized spacial score (nSPS) is 15.1. The summed E-state index contributed by atoms with van der Waals surface area (Å²) in [6.45, 7) is 3.74. The van der Waals surface area contributed by atoms with E-state index in [9.17, 15) is 0 Å². The summed E-state index contributed by atoms with van der Waals surface area (Å²) in [4.78, 5) is 4.47. The van der Waals surface area contributed by atoms with Gasteiger partial charge in [-0.3, -0.25) is 4.98 Å².